The molecule has 0 aliphatic carbocycles. The Labute approximate surface area is 137 Å². The summed E-state index contributed by atoms with van der Waals surface area (Å²) >= 11 is 2.89. The van der Waals surface area contributed by atoms with Crippen molar-refractivity contribution in [3.63, 3.8) is 0 Å². The molecule has 2 rings (SSSR count). The minimum Gasteiger partial charge on any atom is -0.382 e. The summed E-state index contributed by atoms with van der Waals surface area (Å²) in [6.45, 7) is 2.30. The first-order chi connectivity index (χ1) is 10.6. The van der Waals surface area contributed by atoms with Crippen LogP contribution < -0.4 is 0 Å². The van der Waals surface area contributed by atoms with E-state index in [0.29, 0.717) is 12.4 Å². The third-order valence-electron chi connectivity index (χ3n) is 3.04. The summed E-state index contributed by atoms with van der Waals surface area (Å²) in [6, 6.07) is 5.45. The first-order valence-corrected chi connectivity index (χ1v) is 8.50. The molecule has 1 unspecified atom stereocenters. The van der Waals surface area contributed by atoms with Gasteiger partial charge < -0.3 is 9.64 Å². The Bertz CT molecular complexity index is 606. The highest BCUT2D eigenvalue weighted by Gasteiger charge is 2.23. The largest absolute Gasteiger partial charge is 0.382 e. The molecule has 22 heavy (non-hydrogen) atoms. The highest BCUT2D eigenvalue weighted by atomic mass is 32.2. The lowest BCUT2D eigenvalue weighted by molar-refractivity contribution is -0.130. The fourth-order valence-electron chi connectivity index (χ4n) is 1.86. The topological polar surface area (TPSA) is 68.2 Å². The van der Waals surface area contributed by atoms with Crippen LogP contribution in [0.15, 0.2) is 28.7 Å². The van der Waals surface area contributed by atoms with Gasteiger partial charge in [0.1, 0.15) is 5.01 Å². The van der Waals surface area contributed by atoms with E-state index in [9.17, 15) is 4.79 Å². The number of amides is 1. The summed E-state index contributed by atoms with van der Waals surface area (Å²) in [4.78, 5) is 18.4. The van der Waals surface area contributed by atoms with Crippen LogP contribution in [0, 0.1) is 6.92 Å². The van der Waals surface area contributed by atoms with Crippen molar-refractivity contribution in [2.24, 2.45) is 0 Å². The van der Waals surface area contributed by atoms with E-state index in [1.54, 1.807) is 25.3 Å². The zero-order valence-electron chi connectivity index (χ0n) is 12.7. The smallest absolute Gasteiger partial charge is 0.233 e. The Morgan fingerprint density at radius 1 is 1.45 bits per heavy atom. The molecule has 1 atom stereocenters. The first kappa shape index (κ1) is 16.9. The summed E-state index contributed by atoms with van der Waals surface area (Å²) in [5.41, 5.74) is 0.817. The number of methoxy groups -OCH3 is 1. The Morgan fingerprint density at radius 3 is 2.86 bits per heavy atom. The van der Waals surface area contributed by atoms with Crippen molar-refractivity contribution in [1.29, 1.82) is 0 Å². The second-order valence-corrected chi connectivity index (χ2v) is 7.01. The standard InChI is InChI=1S/C14H18N4O2S2/c1-10-16-17-14(22-10)21-9-13(19)18(2)12(8-20-3)11-6-4-5-7-15-11/h4-7,12H,8-9H2,1-3H3. The second-order valence-electron chi connectivity index (χ2n) is 4.61. The van der Waals surface area contributed by atoms with E-state index < -0.39 is 0 Å². The maximum Gasteiger partial charge on any atom is 0.233 e. The molecule has 0 spiro atoms. The van der Waals surface area contributed by atoms with E-state index in [-0.39, 0.29) is 11.9 Å². The number of aromatic nitrogens is 3. The molecular formula is C14H18N4O2S2. The Kier molecular flexibility index (Phi) is 6.29. The maximum atomic E-state index is 12.4. The fraction of sp³-hybridized carbons (Fsp3) is 0.429. The highest BCUT2D eigenvalue weighted by Crippen LogP contribution is 2.24. The van der Waals surface area contributed by atoms with Gasteiger partial charge in [0, 0.05) is 20.4 Å². The number of nitrogens with zero attached hydrogens (tertiary/aromatic N) is 4. The van der Waals surface area contributed by atoms with Crippen LogP contribution in [0.3, 0.4) is 0 Å². The van der Waals surface area contributed by atoms with Gasteiger partial charge in [-0.25, -0.2) is 0 Å². The van der Waals surface area contributed by atoms with Crippen molar-refractivity contribution in [1.82, 2.24) is 20.1 Å². The van der Waals surface area contributed by atoms with E-state index in [0.717, 1.165) is 15.0 Å². The van der Waals surface area contributed by atoms with Crippen molar-refractivity contribution in [3.05, 3.63) is 35.1 Å². The van der Waals surface area contributed by atoms with Crippen molar-refractivity contribution in [2.45, 2.75) is 17.3 Å². The van der Waals surface area contributed by atoms with E-state index >= 15 is 0 Å². The van der Waals surface area contributed by atoms with Crippen LogP contribution in [0.5, 0.6) is 0 Å². The van der Waals surface area contributed by atoms with Crippen molar-refractivity contribution < 1.29 is 9.53 Å². The SMILES string of the molecule is COCC(c1ccccn1)N(C)C(=O)CSc1nnc(C)s1. The number of hydrogen-bond acceptors (Lipinski definition) is 7. The molecule has 0 aromatic carbocycles. The number of carbonyl (C=O) groups excluding carboxylic acids is 1. The molecular weight excluding hydrogens is 320 g/mol. The molecule has 0 fully saturated rings. The highest BCUT2D eigenvalue weighted by molar-refractivity contribution is 8.01. The lowest BCUT2D eigenvalue weighted by atomic mass is 10.1. The van der Waals surface area contributed by atoms with Gasteiger partial charge in [0.25, 0.3) is 0 Å². The van der Waals surface area contributed by atoms with Crippen LogP contribution in [0.2, 0.25) is 0 Å². The summed E-state index contributed by atoms with van der Waals surface area (Å²) in [5, 5.41) is 8.85. The normalized spacial score (nSPS) is 12.1. The van der Waals surface area contributed by atoms with Gasteiger partial charge in [-0.2, -0.15) is 0 Å². The summed E-state index contributed by atoms with van der Waals surface area (Å²) in [6.07, 6.45) is 1.72. The molecule has 0 bridgehead atoms. The zero-order valence-corrected chi connectivity index (χ0v) is 14.4. The van der Waals surface area contributed by atoms with Crippen molar-refractivity contribution in [3.8, 4) is 0 Å². The predicted octanol–water partition coefficient (Wildman–Crippen LogP) is 2.18. The van der Waals surface area contributed by atoms with Gasteiger partial charge in [-0.1, -0.05) is 29.2 Å². The van der Waals surface area contributed by atoms with Gasteiger partial charge >= 0.3 is 0 Å². The summed E-state index contributed by atoms with van der Waals surface area (Å²) in [7, 11) is 3.39. The predicted molar refractivity (Wildman–Crippen MR) is 87.0 cm³/mol. The molecule has 0 N–H and O–H groups in total. The molecule has 2 aromatic rings. The molecule has 0 radical (unpaired) electrons. The molecule has 6 nitrogen and oxygen atoms in total. The van der Waals surface area contributed by atoms with Crippen LogP contribution in [-0.2, 0) is 9.53 Å². The minimum absolute atomic E-state index is 0.00514. The Morgan fingerprint density at radius 2 is 2.27 bits per heavy atom. The number of aryl methyl sites for hydroxylation is 1. The number of pyridine rings is 1. The van der Waals surface area contributed by atoms with Gasteiger partial charge in [0.05, 0.1) is 24.1 Å². The van der Waals surface area contributed by atoms with E-state index in [4.69, 9.17) is 4.74 Å². The van der Waals surface area contributed by atoms with Crippen LogP contribution in [0.4, 0.5) is 0 Å². The maximum absolute atomic E-state index is 12.4. The molecule has 8 heteroatoms. The monoisotopic (exact) mass is 338 g/mol. The lowest BCUT2D eigenvalue weighted by Gasteiger charge is -2.27. The van der Waals surface area contributed by atoms with E-state index in [2.05, 4.69) is 15.2 Å². The third-order valence-corrected chi connectivity index (χ3v) is 5.00. The summed E-state index contributed by atoms with van der Waals surface area (Å²) in [5.74, 6) is 0.323. The number of rotatable bonds is 7. The number of ether oxygens (including phenoxy) is 1. The number of hydrogen-bond donors (Lipinski definition) is 0. The number of carbonyl (C=O) groups is 1. The minimum atomic E-state index is -0.199. The fourth-order valence-corrected chi connectivity index (χ4v) is 3.60. The molecule has 0 aliphatic rings. The first-order valence-electron chi connectivity index (χ1n) is 6.70. The second kappa shape index (κ2) is 8.21. The zero-order chi connectivity index (χ0) is 15.9. The van der Waals surface area contributed by atoms with Crippen molar-refractivity contribution >= 4 is 29.0 Å². The van der Waals surface area contributed by atoms with Crippen LogP contribution >= 0.6 is 23.1 Å². The quantitative estimate of drug-likeness (QED) is 0.721. The molecule has 1 amide bonds. The average Bonchev–Trinajstić information content (AvgIpc) is 2.96. The van der Waals surface area contributed by atoms with Gasteiger partial charge in [0.2, 0.25) is 5.91 Å². The van der Waals surface area contributed by atoms with E-state index in [1.807, 2.05) is 25.1 Å². The molecule has 0 aliphatic heterocycles. The van der Waals surface area contributed by atoms with Crippen LogP contribution in [0.1, 0.15) is 16.7 Å². The van der Waals surface area contributed by atoms with Gasteiger partial charge in [0.15, 0.2) is 4.34 Å². The summed E-state index contributed by atoms with van der Waals surface area (Å²) < 4.78 is 6.04. The lowest BCUT2D eigenvalue weighted by Crippen LogP contribution is -2.35. The van der Waals surface area contributed by atoms with Crippen LogP contribution in [0.25, 0.3) is 0 Å². The van der Waals surface area contributed by atoms with Crippen LogP contribution in [-0.4, -0.2) is 52.5 Å². The Balaban J connectivity index is 2.00. The molecule has 2 heterocycles. The van der Waals surface area contributed by atoms with E-state index in [1.165, 1.54) is 23.1 Å². The molecule has 0 saturated heterocycles. The van der Waals surface area contributed by atoms with Gasteiger partial charge in [-0.15, -0.1) is 10.2 Å². The third kappa shape index (κ3) is 4.49. The van der Waals surface area contributed by atoms with Crippen molar-refractivity contribution in [2.75, 3.05) is 26.5 Å². The number of thioether (sulfide) groups is 1. The van der Waals surface area contributed by atoms with Gasteiger partial charge in [-0.05, 0) is 19.1 Å². The average molecular weight is 338 g/mol. The molecule has 2 aromatic heterocycles. The molecule has 118 valence electrons. The Hall–Kier alpha value is -1.51. The molecule has 0 saturated carbocycles. The number of likely N-dealkylation sites (N-methyl/N-ethyl adjacent to an activating group) is 1. The van der Waals surface area contributed by atoms with Gasteiger partial charge in [-0.3, -0.25) is 9.78 Å².